The van der Waals surface area contributed by atoms with Gasteiger partial charge in [0.15, 0.2) is 5.82 Å². The van der Waals surface area contributed by atoms with E-state index >= 15 is 0 Å². The van der Waals surface area contributed by atoms with Gasteiger partial charge in [0.1, 0.15) is 6.10 Å². The van der Waals surface area contributed by atoms with Crippen LogP contribution in [0.2, 0.25) is 0 Å². The number of carbonyl (C=O) groups is 1. The van der Waals surface area contributed by atoms with Crippen molar-refractivity contribution in [2.45, 2.75) is 50.3 Å². The number of methoxy groups -OCH3 is 1. The highest BCUT2D eigenvalue weighted by Gasteiger charge is 2.47. The highest BCUT2D eigenvalue weighted by atomic mass is 35.5. The lowest BCUT2D eigenvalue weighted by atomic mass is 9.91. The number of ether oxygens (including phenoxy) is 2. The van der Waals surface area contributed by atoms with Gasteiger partial charge in [0.25, 0.3) is 11.8 Å². The van der Waals surface area contributed by atoms with Crippen LogP contribution in [0.4, 0.5) is 13.2 Å². The third-order valence-corrected chi connectivity index (χ3v) is 5.10. The minimum absolute atomic E-state index is 0. The smallest absolute Gasteiger partial charge is 0.255 e. The summed E-state index contributed by atoms with van der Waals surface area (Å²) < 4.78 is 50.6. The molecule has 2 heterocycles. The van der Waals surface area contributed by atoms with Gasteiger partial charge in [-0.05, 0) is 32.5 Å². The fraction of sp³-hybridized carbons (Fsp3) is 0.667. The average Bonchev–Trinajstić information content (AvgIpc) is 3.00. The van der Waals surface area contributed by atoms with Gasteiger partial charge in [-0.2, -0.15) is 4.98 Å². The molecular weight excluding hydrogens is 399 g/mol. The Morgan fingerprint density at radius 3 is 2.61 bits per heavy atom. The Labute approximate surface area is 168 Å². The fourth-order valence-corrected chi connectivity index (χ4v) is 3.52. The molecule has 1 aliphatic heterocycles. The molecule has 0 radical (unpaired) electrons. The molecule has 3 rings (SSSR count). The van der Waals surface area contributed by atoms with Crippen LogP contribution in [0.25, 0.3) is 0 Å². The number of nitrogens with zero attached hydrogens (tertiary/aromatic N) is 3. The summed E-state index contributed by atoms with van der Waals surface area (Å²) in [5, 5.41) is 0. The molecule has 0 spiro atoms. The first-order valence-electron chi connectivity index (χ1n) is 8.93. The van der Waals surface area contributed by atoms with Crippen LogP contribution in [0.5, 0.6) is 11.8 Å². The molecule has 0 aromatic carbocycles. The Balaban J connectivity index is 0.00000280. The number of likely N-dealkylation sites (N-methyl/N-ethyl adjacent to an activating group) is 2. The fourth-order valence-electron chi connectivity index (χ4n) is 3.52. The van der Waals surface area contributed by atoms with E-state index in [9.17, 15) is 18.0 Å². The number of aromatic nitrogens is 1. The maximum Gasteiger partial charge on any atom is 0.255 e. The van der Waals surface area contributed by atoms with E-state index in [1.807, 2.05) is 11.9 Å². The molecule has 1 saturated heterocycles. The molecule has 2 aliphatic rings. The molecule has 2 fully saturated rings. The third kappa shape index (κ3) is 4.81. The van der Waals surface area contributed by atoms with Crippen LogP contribution in [0.1, 0.15) is 31.2 Å². The van der Waals surface area contributed by atoms with Crippen LogP contribution in [0, 0.1) is 5.82 Å². The molecule has 0 unspecified atom stereocenters. The third-order valence-electron chi connectivity index (χ3n) is 5.10. The molecule has 0 N–H and O–H groups in total. The molecule has 1 saturated carbocycles. The highest BCUT2D eigenvalue weighted by molar-refractivity contribution is 5.85. The Kier molecular flexibility index (Phi) is 7.03. The van der Waals surface area contributed by atoms with Crippen LogP contribution >= 0.6 is 12.4 Å². The monoisotopic (exact) mass is 423 g/mol. The summed E-state index contributed by atoms with van der Waals surface area (Å²) in [6.07, 6.45) is 0.0864. The van der Waals surface area contributed by atoms with Crippen molar-refractivity contribution >= 4 is 18.3 Å². The standard InChI is InChI=1S/C18H24F3N3O3.ClH/c1-23-6-4-5-14(23)17(25)24(2)10-11-7-13(19)16(22-15(11)26-3)27-12-8-18(20,21)9-12;/h7,12,14H,4-6,8-10H2,1-3H3;1H/t14-;/m0./s1. The quantitative estimate of drug-likeness (QED) is 0.704. The molecule has 6 nitrogen and oxygen atoms in total. The number of alkyl halides is 2. The first-order valence-corrected chi connectivity index (χ1v) is 8.93. The van der Waals surface area contributed by atoms with Gasteiger partial charge in [0, 0.05) is 25.5 Å². The summed E-state index contributed by atoms with van der Waals surface area (Å²) in [6, 6.07) is 1.00. The van der Waals surface area contributed by atoms with E-state index in [4.69, 9.17) is 9.47 Å². The van der Waals surface area contributed by atoms with Gasteiger partial charge >= 0.3 is 0 Å². The summed E-state index contributed by atoms with van der Waals surface area (Å²) in [6.45, 7) is 0.994. The summed E-state index contributed by atoms with van der Waals surface area (Å²) in [5.41, 5.74) is 0.387. The number of amides is 1. The van der Waals surface area contributed by atoms with Crippen LogP contribution in [-0.2, 0) is 11.3 Å². The number of hydrogen-bond acceptors (Lipinski definition) is 5. The van der Waals surface area contributed by atoms with Gasteiger partial charge in [0.2, 0.25) is 11.8 Å². The molecule has 28 heavy (non-hydrogen) atoms. The topological polar surface area (TPSA) is 54.9 Å². The van der Waals surface area contributed by atoms with E-state index in [2.05, 4.69) is 4.98 Å². The van der Waals surface area contributed by atoms with Crippen LogP contribution in [0.3, 0.4) is 0 Å². The van der Waals surface area contributed by atoms with Crippen molar-refractivity contribution in [3.63, 3.8) is 0 Å². The summed E-state index contributed by atoms with van der Waals surface area (Å²) in [5.74, 6) is -3.83. The van der Waals surface area contributed by atoms with Crippen molar-refractivity contribution in [1.82, 2.24) is 14.8 Å². The summed E-state index contributed by atoms with van der Waals surface area (Å²) in [4.78, 5) is 20.1. The van der Waals surface area contributed by atoms with Crippen LogP contribution in [0.15, 0.2) is 6.07 Å². The van der Waals surface area contributed by atoms with E-state index in [1.54, 1.807) is 7.05 Å². The molecule has 1 amide bonds. The lowest BCUT2D eigenvalue weighted by Crippen LogP contribution is -2.43. The first kappa shape index (κ1) is 22.5. The summed E-state index contributed by atoms with van der Waals surface area (Å²) in [7, 11) is 4.92. The molecule has 1 aromatic rings. The first-order chi connectivity index (χ1) is 12.7. The van der Waals surface area contributed by atoms with Crippen LogP contribution in [-0.4, -0.2) is 66.5 Å². The number of halogens is 4. The average molecular weight is 424 g/mol. The Hall–Kier alpha value is -1.74. The van der Waals surface area contributed by atoms with Crippen LogP contribution < -0.4 is 9.47 Å². The predicted octanol–water partition coefficient (Wildman–Crippen LogP) is 2.88. The van der Waals surface area contributed by atoms with Crippen molar-refractivity contribution in [3.05, 3.63) is 17.4 Å². The Morgan fingerprint density at radius 1 is 1.39 bits per heavy atom. The Bertz CT molecular complexity index is 715. The molecular formula is C18H25ClF3N3O3. The van der Waals surface area contributed by atoms with E-state index in [0.717, 1.165) is 19.4 Å². The molecule has 1 atom stereocenters. The van der Waals surface area contributed by atoms with E-state index < -0.39 is 30.7 Å². The zero-order valence-electron chi connectivity index (χ0n) is 16.1. The van der Waals surface area contributed by atoms with Crippen molar-refractivity contribution in [3.8, 4) is 11.8 Å². The van der Waals surface area contributed by atoms with Crippen molar-refractivity contribution in [2.75, 3.05) is 27.7 Å². The minimum Gasteiger partial charge on any atom is -0.481 e. The highest BCUT2D eigenvalue weighted by Crippen LogP contribution is 2.40. The van der Waals surface area contributed by atoms with E-state index in [1.165, 1.54) is 18.1 Å². The van der Waals surface area contributed by atoms with Crippen molar-refractivity contribution < 1.29 is 27.4 Å². The van der Waals surface area contributed by atoms with Gasteiger partial charge in [-0.3, -0.25) is 9.69 Å². The van der Waals surface area contributed by atoms with Gasteiger partial charge in [-0.25, -0.2) is 13.2 Å². The molecule has 158 valence electrons. The summed E-state index contributed by atoms with van der Waals surface area (Å²) >= 11 is 0. The largest absolute Gasteiger partial charge is 0.481 e. The molecule has 0 bridgehead atoms. The lowest BCUT2D eigenvalue weighted by molar-refractivity contribution is -0.136. The van der Waals surface area contributed by atoms with Gasteiger partial charge < -0.3 is 14.4 Å². The lowest BCUT2D eigenvalue weighted by Gasteiger charge is -2.34. The minimum atomic E-state index is -2.76. The van der Waals surface area contributed by atoms with Gasteiger partial charge in [0.05, 0.1) is 19.7 Å². The zero-order chi connectivity index (χ0) is 19.8. The number of hydrogen-bond donors (Lipinski definition) is 0. The number of pyridine rings is 1. The molecule has 1 aromatic heterocycles. The zero-order valence-corrected chi connectivity index (χ0v) is 16.9. The van der Waals surface area contributed by atoms with E-state index in [0.29, 0.717) is 5.56 Å². The molecule has 10 heteroatoms. The van der Waals surface area contributed by atoms with Gasteiger partial charge in [-0.15, -0.1) is 12.4 Å². The SMILES string of the molecule is COc1nc(OC2CC(F)(F)C2)c(F)cc1CN(C)C(=O)[C@@H]1CCCN1C.Cl. The maximum absolute atomic E-state index is 14.4. The van der Waals surface area contributed by atoms with Crippen molar-refractivity contribution in [2.24, 2.45) is 0 Å². The number of rotatable bonds is 6. The van der Waals surface area contributed by atoms with E-state index in [-0.39, 0.29) is 42.7 Å². The van der Waals surface area contributed by atoms with Gasteiger partial charge in [-0.1, -0.05) is 0 Å². The second-order valence-corrected chi connectivity index (χ2v) is 7.28. The number of likely N-dealkylation sites (tertiary alicyclic amines) is 1. The second-order valence-electron chi connectivity index (χ2n) is 7.28. The Morgan fingerprint density at radius 2 is 2.07 bits per heavy atom. The normalized spacial score (nSPS) is 21.6. The molecule has 1 aliphatic carbocycles. The van der Waals surface area contributed by atoms with Crippen molar-refractivity contribution in [1.29, 1.82) is 0 Å². The predicted molar refractivity (Wildman–Crippen MR) is 98.7 cm³/mol. The maximum atomic E-state index is 14.4. The second kappa shape index (κ2) is 8.73. The number of carbonyl (C=O) groups excluding carboxylic acids is 1.